The number of aryl methyl sites for hydroxylation is 1. The van der Waals surface area contributed by atoms with Crippen molar-refractivity contribution in [1.82, 2.24) is 20.1 Å². The molecule has 0 saturated carbocycles. The molecule has 0 aliphatic heterocycles. The first-order chi connectivity index (χ1) is 11.6. The van der Waals surface area contributed by atoms with Crippen LogP contribution in [0.3, 0.4) is 0 Å². The van der Waals surface area contributed by atoms with E-state index in [0.29, 0.717) is 12.1 Å². The molecule has 126 valence electrons. The molecule has 1 unspecified atom stereocenters. The van der Waals surface area contributed by atoms with Gasteiger partial charge in [-0.25, -0.2) is 9.67 Å². The molecule has 0 spiro atoms. The quantitative estimate of drug-likeness (QED) is 0.742. The lowest BCUT2D eigenvalue weighted by atomic mass is 10.1. The SMILES string of the molecule is CCCC(C)NC(=O)c1cc(C)nc2c1cnn2Cc1cccs1. The van der Waals surface area contributed by atoms with Crippen molar-refractivity contribution in [1.29, 1.82) is 0 Å². The lowest BCUT2D eigenvalue weighted by molar-refractivity contribution is 0.0940. The maximum atomic E-state index is 12.6. The van der Waals surface area contributed by atoms with Crippen molar-refractivity contribution in [2.75, 3.05) is 0 Å². The summed E-state index contributed by atoms with van der Waals surface area (Å²) in [6.07, 6.45) is 3.76. The Labute approximate surface area is 145 Å². The number of carbonyl (C=O) groups excluding carboxylic acids is 1. The first-order valence-corrected chi connectivity index (χ1v) is 9.13. The van der Waals surface area contributed by atoms with E-state index < -0.39 is 0 Å². The third kappa shape index (κ3) is 3.48. The fourth-order valence-electron chi connectivity index (χ4n) is 2.83. The predicted molar refractivity (Wildman–Crippen MR) is 97.5 cm³/mol. The van der Waals surface area contributed by atoms with Crippen molar-refractivity contribution < 1.29 is 4.79 Å². The minimum Gasteiger partial charge on any atom is -0.350 e. The Morgan fingerprint density at radius 3 is 3.00 bits per heavy atom. The van der Waals surface area contributed by atoms with Crippen LogP contribution in [-0.2, 0) is 6.54 Å². The van der Waals surface area contributed by atoms with Gasteiger partial charge in [0, 0.05) is 16.6 Å². The number of hydrogen-bond donors (Lipinski definition) is 1. The van der Waals surface area contributed by atoms with Crippen LogP contribution in [0.25, 0.3) is 11.0 Å². The largest absolute Gasteiger partial charge is 0.350 e. The Morgan fingerprint density at radius 1 is 1.46 bits per heavy atom. The molecule has 0 bridgehead atoms. The maximum Gasteiger partial charge on any atom is 0.252 e. The van der Waals surface area contributed by atoms with Gasteiger partial charge in [-0.2, -0.15) is 5.10 Å². The number of rotatable bonds is 6. The van der Waals surface area contributed by atoms with Crippen molar-refractivity contribution in [3.8, 4) is 0 Å². The first kappa shape index (κ1) is 16.6. The van der Waals surface area contributed by atoms with Gasteiger partial charge in [-0.1, -0.05) is 19.4 Å². The van der Waals surface area contributed by atoms with Gasteiger partial charge in [0.25, 0.3) is 5.91 Å². The van der Waals surface area contributed by atoms with Crippen LogP contribution in [0.15, 0.2) is 29.8 Å². The van der Waals surface area contributed by atoms with E-state index in [2.05, 4.69) is 28.4 Å². The fraction of sp³-hybridized carbons (Fsp3) is 0.389. The summed E-state index contributed by atoms with van der Waals surface area (Å²) in [6.45, 7) is 6.73. The summed E-state index contributed by atoms with van der Waals surface area (Å²) in [5.41, 5.74) is 2.23. The van der Waals surface area contributed by atoms with Crippen molar-refractivity contribution >= 4 is 28.3 Å². The molecule has 0 aliphatic carbocycles. The predicted octanol–water partition coefficient (Wildman–Crippen LogP) is 3.77. The molecule has 6 heteroatoms. The lowest BCUT2D eigenvalue weighted by Crippen LogP contribution is -2.32. The number of fused-ring (bicyclic) bond motifs is 1. The molecular weight excluding hydrogens is 320 g/mol. The summed E-state index contributed by atoms with van der Waals surface area (Å²) in [6, 6.07) is 6.10. The average Bonchev–Trinajstić information content (AvgIpc) is 3.17. The van der Waals surface area contributed by atoms with E-state index in [9.17, 15) is 4.79 Å². The molecule has 3 aromatic rings. The normalized spacial score (nSPS) is 12.5. The van der Waals surface area contributed by atoms with Crippen molar-refractivity contribution in [2.24, 2.45) is 0 Å². The zero-order valence-corrected chi connectivity index (χ0v) is 15.1. The molecule has 3 rings (SSSR count). The molecule has 0 saturated heterocycles. The highest BCUT2D eigenvalue weighted by Gasteiger charge is 2.17. The summed E-state index contributed by atoms with van der Waals surface area (Å²) in [5, 5.41) is 10.4. The summed E-state index contributed by atoms with van der Waals surface area (Å²) in [5.74, 6) is -0.0536. The number of carbonyl (C=O) groups is 1. The number of hydrogen-bond acceptors (Lipinski definition) is 4. The van der Waals surface area contributed by atoms with E-state index in [1.807, 2.05) is 36.0 Å². The summed E-state index contributed by atoms with van der Waals surface area (Å²) in [7, 11) is 0. The van der Waals surface area contributed by atoms with E-state index in [1.54, 1.807) is 17.5 Å². The van der Waals surface area contributed by atoms with Crippen LogP contribution in [0.5, 0.6) is 0 Å². The maximum absolute atomic E-state index is 12.6. The van der Waals surface area contributed by atoms with Crippen molar-refractivity contribution in [3.05, 3.63) is 45.9 Å². The lowest BCUT2D eigenvalue weighted by Gasteiger charge is -2.13. The smallest absolute Gasteiger partial charge is 0.252 e. The van der Waals surface area contributed by atoms with Gasteiger partial charge in [-0.05, 0) is 37.8 Å². The highest BCUT2D eigenvalue weighted by atomic mass is 32.1. The molecule has 0 aromatic carbocycles. The van der Waals surface area contributed by atoms with Crippen LogP contribution in [-0.4, -0.2) is 26.7 Å². The Balaban J connectivity index is 1.94. The van der Waals surface area contributed by atoms with Crippen LogP contribution in [0.4, 0.5) is 0 Å². The fourth-order valence-corrected chi connectivity index (χ4v) is 3.52. The van der Waals surface area contributed by atoms with Gasteiger partial charge in [0.15, 0.2) is 5.65 Å². The monoisotopic (exact) mass is 342 g/mol. The van der Waals surface area contributed by atoms with Gasteiger partial charge in [-0.3, -0.25) is 4.79 Å². The zero-order valence-electron chi connectivity index (χ0n) is 14.2. The topological polar surface area (TPSA) is 59.8 Å². The Morgan fingerprint density at radius 2 is 2.29 bits per heavy atom. The molecule has 1 atom stereocenters. The molecule has 1 amide bonds. The van der Waals surface area contributed by atoms with Crippen molar-refractivity contribution in [3.63, 3.8) is 0 Å². The Kier molecular flexibility index (Phi) is 4.94. The summed E-state index contributed by atoms with van der Waals surface area (Å²) < 4.78 is 1.86. The molecule has 0 fully saturated rings. The third-order valence-corrected chi connectivity index (χ3v) is 4.83. The van der Waals surface area contributed by atoms with Crippen LogP contribution in [0.1, 0.15) is 47.6 Å². The second-order valence-corrected chi connectivity index (χ2v) is 7.13. The number of thiophene rings is 1. The van der Waals surface area contributed by atoms with Crippen LogP contribution in [0, 0.1) is 6.92 Å². The van der Waals surface area contributed by atoms with Gasteiger partial charge in [0.2, 0.25) is 0 Å². The first-order valence-electron chi connectivity index (χ1n) is 8.25. The number of nitrogens with one attached hydrogen (secondary N) is 1. The molecular formula is C18H22N4OS. The molecule has 5 nitrogen and oxygen atoms in total. The highest BCUT2D eigenvalue weighted by Crippen LogP contribution is 2.20. The molecule has 3 heterocycles. The molecule has 24 heavy (non-hydrogen) atoms. The van der Waals surface area contributed by atoms with E-state index in [-0.39, 0.29) is 11.9 Å². The second kappa shape index (κ2) is 7.13. The minimum atomic E-state index is -0.0536. The summed E-state index contributed by atoms with van der Waals surface area (Å²) in [4.78, 5) is 18.5. The van der Waals surface area contributed by atoms with E-state index in [1.165, 1.54) is 4.88 Å². The van der Waals surface area contributed by atoms with Crippen LogP contribution >= 0.6 is 11.3 Å². The number of nitrogens with zero attached hydrogens (tertiary/aromatic N) is 3. The number of pyridine rings is 1. The van der Waals surface area contributed by atoms with Gasteiger partial charge in [0.1, 0.15) is 0 Å². The number of aromatic nitrogens is 3. The molecule has 0 aliphatic rings. The molecule has 3 aromatic heterocycles. The minimum absolute atomic E-state index is 0.0536. The van der Waals surface area contributed by atoms with Gasteiger partial charge >= 0.3 is 0 Å². The second-order valence-electron chi connectivity index (χ2n) is 6.09. The molecule has 0 radical (unpaired) electrons. The highest BCUT2D eigenvalue weighted by molar-refractivity contribution is 7.09. The van der Waals surface area contributed by atoms with Gasteiger partial charge < -0.3 is 5.32 Å². The van der Waals surface area contributed by atoms with Crippen LogP contribution < -0.4 is 5.32 Å². The summed E-state index contributed by atoms with van der Waals surface area (Å²) >= 11 is 1.69. The van der Waals surface area contributed by atoms with Crippen LogP contribution in [0.2, 0.25) is 0 Å². The Hall–Kier alpha value is -2.21. The molecule has 1 N–H and O–H groups in total. The standard InChI is InChI=1S/C18H22N4OS/c1-4-6-12(2)21-18(23)15-9-13(3)20-17-16(15)10-19-22(17)11-14-7-5-8-24-14/h5,7-10,12H,4,6,11H2,1-3H3,(H,21,23). The Bertz CT molecular complexity index is 838. The van der Waals surface area contributed by atoms with Gasteiger partial charge in [0.05, 0.1) is 23.7 Å². The van der Waals surface area contributed by atoms with Crippen molar-refractivity contribution in [2.45, 2.75) is 46.2 Å². The zero-order chi connectivity index (χ0) is 17.1. The number of amides is 1. The van der Waals surface area contributed by atoms with E-state index in [4.69, 9.17) is 0 Å². The average molecular weight is 342 g/mol. The van der Waals surface area contributed by atoms with E-state index in [0.717, 1.165) is 29.6 Å². The third-order valence-electron chi connectivity index (χ3n) is 3.97. The van der Waals surface area contributed by atoms with E-state index >= 15 is 0 Å². The van der Waals surface area contributed by atoms with Gasteiger partial charge in [-0.15, -0.1) is 11.3 Å².